The summed E-state index contributed by atoms with van der Waals surface area (Å²) in [5, 5.41) is 1.14. The highest BCUT2D eigenvalue weighted by atomic mass is 16.5. The lowest BCUT2D eigenvalue weighted by Gasteiger charge is -2.33. The average Bonchev–Trinajstić information content (AvgIpc) is 2.39. The number of ether oxygens (including phenoxy) is 1. The zero-order valence-corrected chi connectivity index (χ0v) is 9.73. The molecular formula is C14H16N2O. The first-order valence-electron chi connectivity index (χ1n) is 6.00. The maximum Gasteiger partial charge on any atom is 0.0702 e. The fourth-order valence-electron chi connectivity index (χ4n) is 2.43. The molecule has 1 atom stereocenters. The van der Waals surface area contributed by atoms with E-state index in [0.717, 1.165) is 35.9 Å². The van der Waals surface area contributed by atoms with Gasteiger partial charge in [0.1, 0.15) is 0 Å². The van der Waals surface area contributed by atoms with Gasteiger partial charge in [-0.15, -0.1) is 0 Å². The third-order valence-electron chi connectivity index (χ3n) is 3.45. The molecule has 1 aromatic heterocycles. The van der Waals surface area contributed by atoms with Crippen molar-refractivity contribution in [3.8, 4) is 0 Å². The van der Waals surface area contributed by atoms with Crippen molar-refractivity contribution in [2.45, 2.75) is 18.4 Å². The fourth-order valence-corrected chi connectivity index (χ4v) is 2.43. The Balaban J connectivity index is 2.05. The lowest BCUT2D eigenvalue weighted by molar-refractivity contribution is 0.0367. The molecule has 2 aromatic rings. The molecule has 0 bridgehead atoms. The van der Waals surface area contributed by atoms with E-state index in [4.69, 9.17) is 10.5 Å². The van der Waals surface area contributed by atoms with E-state index in [-0.39, 0.29) is 5.54 Å². The van der Waals surface area contributed by atoms with E-state index in [1.807, 2.05) is 18.3 Å². The van der Waals surface area contributed by atoms with E-state index >= 15 is 0 Å². The number of hydrogen-bond donors (Lipinski definition) is 1. The van der Waals surface area contributed by atoms with Gasteiger partial charge in [-0.1, -0.05) is 12.1 Å². The van der Waals surface area contributed by atoms with Crippen molar-refractivity contribution in [1.29, 1.82) is 0 Å². The van der Waals surface area contributed by atoms with E-state index < -0.39 is 0 Å². The molecule has 0 amide bonds. The molecule has 88 valence electrons. The molecule has 0 radical (unpaired) electrons. The van der Waals surface area contributed by atoms with Gasteiger partial charge in [0.25, 0.3) is 0 Å². The molecule has 3 heteroatoms. The average molecular weight is 228 g/mol. The summed E-state index contributed by atoms with van der Waals surface area (Å²) in [6.45, 7) is 1.44. The molecule has 2 N–H and O–H groups in total. The number of nitrogens with two attached hydrogens (primary N) is 1. The van der Waals surface area contributed by atoms with Crippen LogP contribution in [0.15, 0.2) is 36.5 Å². The molecule has 2 heterocycles. The Hall–Kier alpha value is -1.45. The van der Waals surface area contributed by atoms with E-state index in [0.29, 0.717) is 6.61 Å². The summed E-state index contributed by atoms with van der Waals surface area (Å²) in [6, 6.07) is 10.3. The molecule has 1 aromatic carbocycles. The molecule has 1 aliphatic heterocycles. The van der Waals surface area contributed by atoms with Gasteiger partial charge in [0, 0.05) is 18.2 Å². The van der Waals surface area contributed by atoms with Crippen molar-refractivity contribution in [3.63, 3.8) is 0 Å². The Bertz CT molecular complexity index is 532. The summed E-state index contributed by atoms with van der Waals surface area (Å²) in [5.74, 6) is 0. The monoisotopic (exact) mass is 228 g/mol. The number of aromatic nitrogens is 1. The van der Waals surface area contributed by atoms with Crippen LogP contribution in [-0.4, -0.2) is 18.2 Å². The SMILES string of the molecule is NC1(c2ccc3ncccc3c2)CCCOC1. The largest absolute Gasteiger partial charge is 0.379 e. The molecule has 1 unspecified atom stereocenters. The van der Waals surface area contributed by atoms with Gasteiger partial charge in [0.15, 0.2) is 0 Å². The van der Waals surface area contributed by atoms with E-state index in [2.05, 4.69) is 23.2 Å². The highest BCUT2D eigenvalue weighted by Gasteiger charge is 2.30. The standard InChI is InChI=1S/C14H16N2O/c15-14(6-2-8-17-10-14)12-4-5-13-11(9-12)3-1-7-16-13/h1,3-5,7,9H,2,6,8,10,15H2. The van der Waals surface area contributed by atoms with Crippen LogP contribution in [0, 0.1) is 0 Å². The van der Waals surface area contributed by atoms with Crippen LogP contribution in [-0.2, 0) is 10.3 Å². The summed E-state index contributed by atoms with van der Waals surface area (Å²) in [4.78, 5) is 4.32. The molecule has 1 aliphatic rings. The zero-order chi connectivity index (χ0) is 11.7. The van der Waals surface area contributed by atoms with Crippen LogP contribution in [0.2, 0.25) is 0 Å². The lowest BCUT2D eigenvalue weighted by atomic mass is 9.85. The topological polar surface area (TPSA) is 48.1 Å². The van der Waals surface area contributed by atoms with Crippen LogP contribution in [0.5, 0.6) is 0 Å². The molecule has 17 heavy (non-hydrogen) atoms. The second-order valence-corrected chi connectivity index (χ2v) is 4.72. The van der Waals surface area contributed by atoms with Crippen LogP contribution < -0.4 is 5.73 Å². The molecule has 0 saturated carbocycles. The second-order valence-electron chi connectivity index (χ2n) is 4.72. The molecule has 3 nitrogen and oxygen atoms in total. The maximum atomic E-state index is 6.43. The Kier molecular flexibility index (Phi) is 2.57. The van der Waals surface area contributed by atoms with Gasteiger partial charge in [-0.3, -0.25) is 4.98 Å². The van der Waals surface area contributed by atoms with E-state index in [9.17, 15) is 0 Å². The first-order chi connectivity index (χ1) is 8.28. The van der Waals surface area contributed by atoms with E-state index in [1.54, 1.807) is 0 Å². The van der Waals surface area contributed by atoms with Crippen molar-refractivity contribution in [2.75, 3.05) is 13.2 Å². The van der Waals surface area contributed by atoms with Gasteiger partial charge in [-0.05, 0) is 36.6 Å². The van der Waals surface area contributed by atoms with Crippen LogP contribution in [0.3, 0.4) is 0 Å². The number of pyridine rings is 1. The lowest BCUT2D eigenvalue weighted by Crippen LogP contribution is -2.44. The third-order valence-corrected chi connectivity index (χ3v) is 3.45. The summed E-state index contributed by atoms with van der Waals surface area (Å²) in [5.41, 5.74) is 8.26. The molecular weight excluding hydrogens is 212 g/mol. The first-order valence-corrected chi connectivity index (χ1v) is 6.00. The van der Waals surface area contributed by atoms with Crippen LogP contribution in [0.1, 0.15) is 18.4 Å². The number of benzene rings is 1. The van der Waals surface area contributed by atoms with Gasteiger partial charge in [0.05, 0.1) is 17.7 Å². The van der Waals surface area contributed by atoms with Crippen molar-refractivity contribution in [1.82, 2.24) is 4.98 Å². The quantitative estimate of drug-likeness (QED) is 0.814. The zero-order valence-electron chi connectivity index (χ0n) is 9.73. The van der Waals surface area contributed by atoms with Gasteiger partial charge in [-0.25, -0.2) is 0 Å². The Morgan fingerprint density at radius 2 is 2.24 bits per heavy atom. The highest BCUT2D eigenvalue weighted by Crippen LogP contribution is 2.29. The van der Waals surface area contributed by atoms with Crippen molar-refractivity contribution in [2.24, 2.45) is 5.73 Å². The number of fused-ring (bicyclic) bond motifs is 1. The fraction of sp³-hybridized carbons (Fsp3) is 0.357. The molecule has 0 spiro atoms. The second kappa shape index (κ2) is 4.09. The molecule has 0 aliphatic carbocycles. The van der Waals surface area contributed by atoms with Crippen LogP contribution in [0.25, 0.3) is 10.9 Å². The predicted molar refractivity (Wildman–Crippen MR) is 67.7 cm³/mol. The first kappa shape index (κ1) is 10.7. The van der Waals surface area contributed by atoms with Gasteiger partial charge >= 0.3 is 0 Å². The Labute approximate surface area is 101 Å². The number of nitrogens with zero attached hydrogens (tertiary/aromatic N) is 1. The minimum absolute atomic E-state index is 0.331. The normalized spacial score (nSPS) is 25.0. The molecule has 1 fully saturated rings. The smallest absolute Gasteiger partial charge is 0.0702 e. The molecule has 1 saturated heterocycles. The van der Waals surface area contributed by atoms with Gasteiger partial charge in [-0.2, -0.15) is 0 Å². The summed E-state index contributed by atoms with van der Waals surface area (Å²) in [7, 11) is 0. The maximum absolute atomic E-state index is 6.43. The highest BCUT2D eigenvalue weighted by molar-refractivity contribution is 5.79. The summed E-state index contributed by atoms with van der Waals surface area (Å²) >= 11 is 0. The van der Waals surface area contributed by atoms with Crippen molar-refractivity contribution < 1.29 is 4.74 Å². The number of hydrogen-bond acceptors (Lipinski definition) is 3. The Morgan fingerprint density at radius 1 is 1.29 bits per heavy atom. The Morgan fingerprint density at radius 3 is 3.06 bits per heavy atom. The predicted octanol–water partition coefficient (Wildman–Crippen LogP) is 2.20. The van der Waals surface area contributed by atoms with Crippen LogP contribution in [0.4, 0.5) is 0 Å². The minimum Gasteiger partial charge on any atom is -0.379 e. The van der Waals surface area contributed by atoms with Crippen LogP contribution >= 0.6 is 0 Å². The summed E-state index contributed by atoms with van der Waals surface area (Å²) < 4.78 is 5.51. The van der Waals surface area contributed by atoms with Gasteiger partial charge < -0.3 is 10.5 Å². The van der Waals surface area contributed by atoms with Gasteiger partial charge in [0.2, 0.25) is 0 Å². The minimum atomic E-state index is -0.331. The van der Waals surface area contributed by atoms with Crippen molar-refractivity contribution in [3.05, 3.63) is 42.1 Å². The molecule has 3 rings (SSSR count). The number of rotatable bonds is 1. The summed E-state index contributed by atoms with van der Waals surface area (Å²) in [6.07, 6.45) is 3.82. The van der Waals surface area contributed by atoms with E-state index in [1.165, 1.54) is 0 Å². The van der Waals surface area contributed by atoms with Crippen molar-refractivity contribution >= 4 is 10.9 Å². The third kappa shape index (κ3) is 1.92.